The maximum Gasteiger partial charge on any atom is 0.243 e. The fraction of sp³-hybridized carbons (Fsp3) is 0.375. The van der Waals surface area contributed by atoms with Crippen LogP contribution in [-0.4, -0.2) is 50.5 Å². The van der Waals surface area contributed by atoms with Gasteiger partial charge in [-0.2, -0.15) is 0 Å². The molecule has 0 fully saturated rings. The zero-order valence-corrected chi connectivity index (χ0v) is 25.0. The Morgan fingerprint density at radius 3 is 2.23 bits per heavy atom. The molecule has 0 aliphatic heterocycles. The molecule has 0 spiro atoms. The van der Waals surface area contributed by atoms with E-state index in [1.54, 1.807) is 4.90 Å². The van der Waals surface area contributed by atoms with Crippen LogP contribution in [0.4, 0.5) is 5.69 Å². The molecule has 3 aromatic rings. The van der Waals surface area contributed by atoms with E-state index in [-0.39, 0.29) is 31.3 Å². The van der Waals surface area contributed by atoms with Crippen LogP contribution in [0.5, 0.6) is 0 Å². The van der Waals surface area contributed by atoms with Crippen LogP contribution in [0.2, 0.25) is 0 Å². The first-order valence-electron chi connectivity index (χ1n) is 13.7. The number of hydrogen-bond donors (Lipinski definition) is 1. The molecule has 0 saturated heterocycles. The average Bonchev–Trinajstić information content (AvgIpc) is 2.91. The lowest BCUT2D eigenvalue weighted by molar-refractivity contribution is -0.141. The first-order chi connectivity index (χ1) is 19.0. The number of carbonyl (C=O) groups excluding carboxylic acids is 2. The van der Waals surface area contributed by atoms with Gasteiger partial charge in [0.25, 0.3) is 0 Å². The van der Waals surface area contributed by atoms with Crippen LogP contribution in [-0.2, 0) is 32.6 Å². The second-order valence-electron chi connectivity index (χ2n) is 10.3. The van der Waals surface area contributed by atoms with Crippen molar-refractivity contribution >= 4 is 27.5 Å². The second kappa shape index (κ2) is 14.1. The van der Waals surface area contributed by atoms with E-state index >= 15 is 0 Å². The monoisotopic (exact) mass is 563 g/mol. The minimum absolute atomic E-state index is 0.105. The molecule has 0 radical (unpaired) electrons. The molecule has 1 N–H and O–H groups in total. The Bertz CT molecular complexity index is 1410. The summed E-state index contributed by atoms with van der Waals surface area (Å²) < 4.78 is 26.8. The number of benzene rings is 3. The fourth-order valence-electron chi connectivity index (χ4n) is 4.79. The van der Waals surface area contributed by atoms with Gasteiger partial charge in [-0.15, -0.1) is 0 Å². The zero-order chi connectivity index (χ0) is 29.3. The summed E-state index contributed by atoms with van der Waals surface area (Å²) in [7, 11) is -3.56. The van der Waals surface area contributed by atoms with Gasteiger partial charge in [-0.25, -0.2) is 8.42 Å². The summed E-state index contributed by atoms with van der Waals surface area (Å²) in [5.74, 6) is -0.397. The Hall–Kier alpha value is -3.65. The number of rotatable bonds is 13. The summed E-state index contributed by atoms with van der Waals surface area (Å²) in [4.78, 5) is 28.9. The number of anilines is 1. The minimum Gasteiger partial charge on any atom is -0.355 e. The van der Waals surface area contributed by atoms with Crippen molar-refractivity contribution in [3.8, 4) is 0 Å². The van der Waals surface area contributed by atoms with Crippen LogP contribution in [0.3, 0.4) is 0 Å². The van der Waals surface area contributed by atoms with E-state index < -0.39 is 16.1 Å². The van der Waals surface area contributed by atoms with E-state index in [0.29, 0.717) is 25.1 Å². The van der Waals surface area contributed by atoms with E-state index in [0.717, 1.165) is 27.8 Å². The molecular weight excluding hydrogens is 522 g/mol. The number of carbonyl (C=O) groups is 2. The van der Waals surface area contributed by atoms with Gasteiger partial charge in [-0.05, 0) is 68.0 Å². The zero-order valence-electron chi connectivity index (χ0n) is 24.2. The number of likely N-dealkylation sites (N-methyl/N-ethyl adjacent to an activating group) is 1. The van der Waals surface area contributed by atoms with Gasteiger partial charge in [0.15, 0.2) is 0 Å². The number of nitrogens with zero attached hydrogens (tertiary/aromatic N) is 2. The molecule has 3 rings (SSSR count). The third-order valence-corrected chi connectivity index (χ3v) is 8.19. The van der Waals surface area contributed by atoms with Crippen LogP contribution >= 0.6 is 0 Å². The lowest BCUT2D eigenvalue weighted by Crippen LogP contribution is -2.50. The Morgan fingerprint density at radius 2 is 1.57 bits per heavy atom. The van der Waals surface area contributed by atoms with Crippen molar-refractivity contribution in [3.63, 3.8) is 0 Å². The summed E-state index contributed by atoms with van der Waals surface area (Å²) in [6.07, 6.45) is 1.98. The molecule has 1 atom stereocenters. The summed E-state index contributed by atoms with van der Waals surface area (Å²) in [5.41, 5.74) is 5.39. The first kappa shape index (κ1) is 30.9. The summed E-state index contributed by atoms with van der Waals surface area (Å²) in [5, 5.41) is 2.91. The molecule has 0 aromatic heterocycles. The van der Waals surface area contributed by atoms with Gasteiger partial charge in [0.2, 0.25) is 21.8 Å². The van der Waals surface area contributed by atoms with Gasteiger partial charge >= 0.3 is 0 Å². The number of sulfonamides is 1. The van der Waals surface area contributed by atoms with Crippen molar-refractivity contribution in [1.82, 2.24) is 10.2 Å². The van der Waals surface area contributed by atoms with Gasteiger partial charge in [0, 0.05) is 32.5 Å². The van der Waals surface area contributed by atoms with Crippen LogP contribution in [0.25, 0.3) is 0 Å². The van der Waals surface area contributed by atoms with E-state index in [4.69, 9.17) is 0 Å². The SMILES string of the molecule is CCNC(=O)[C@H](Cc1ccccc1)N(Cc1ccccc1C)C(=O)CCCN(c1cc(C)ccc1C)S(C)(=O)=O. The standard InChI is InChI=1S/C32H41N3O4S/c1-6-33-32(37)30(22-27-14-8-7-9-15-27)34(23-28-16-11-10-13-25(28)3)31(36)17-12-20-35(40(5,38)39)29-21-24(2)18-19-26(29)4/h7-11,13-16,18-19,21,30H,6,12,17,20,22-23H2,1-5H3,(H,33,37)/t30-/m0/s1. The lowest BCUT2D eigenvalue weighted by atomic mass is 10.0. The Balaban J connectivity index is 1.89. The Kier molecular flexibility index (Phi) is 10.9. The molecular formula is C32H41N3O4S. The van der Waals surface area contributed by atoms with E-state index in [1.165, 1.54) is 10.6 Å². The van der Waals surface area contributed by atoms with Crippen molar-refractivity contribution in [3.05, 3.63) is 101 Å². The third kappa shape index (κ3) is 8.42. The first-order valence-corrected chi connectivity index (χ1v) is 15.6. The molecule has 0 saturated carbocycles. The maximum atomic E-state index is 13.9. The van der Waals surface area contributed by atoms with Crippen molar-refractivity contribution < 1.29 is 18.0 Å². The van der Waals surface area contributed by atoms with Crippen molar-refractivity contribution in [1.29, 1.82) is 0 Å². The highest BCUT2D eigenvalue weighted by Crippen LogP contribution is 2.25. The fourth-order valence-corrected chi connectivity index (χ4v) is 5.80. The molecule has 3 aromatic carbocycles. The van der Waals surface area contributed by atoms with Crippen molar-refractivity contribution in [2.24, 2.45) is 0 Å². The van der Waals surface area contributed by atoms with Gasteiger partial charge in [-0.3, -0.25) is 13.9 Å². The number of amides is 2. The Morgan fingerprint density at radius 1 is 0.900 bits per heavy atom. The molecule has 7 nitrogen and oxygen atoms in total. The minimum atomic E-state index is -3.56. The summed E-state index contributed by atoms with van der Waals surface area (Å²) in [6.45, 7) is 8.55. The normalized spacial score (nSPS) is 12.0. The molecule has 8 heteroatoms. The number of nitrogens with one attached hydrogen (secondary N) is 1. The van der Waals surface area contributed by atoms with Crippen molar-refractivity contribution in [2.75, 3.05) is 23.7 Å². The van der Waals surface area contributed by atoms with Gasteiger partial charge < -0.3 is 10.2 Å². The highest BCUT2D eigenvalue weighted by Gasteiger charge is 2.30. The van der Waals surface area contributed by atoms with Crippen molar-refractivity contribution in [2.45, 2.75) is 59.5 Å². The molecule has 40 heavy (non-hydrogen) atoms. The highest BCUT2D eigenvalue weighted by molar-refractivity contribution is 7.92. The third-order valence-electron chi connectivity index (χ3n) is 7.01. The quantitative estimate of drug-likeness (QED) is 0.319. The molecule has 0 unspecified atom stereocenters. The second-order valence-corrected chi connectivity index (χ2v) is 12.2. The molecule has 0 aliphatic rings. The van der Waals surface area contributed by atoms with Crippen LogP contribution in [0, 0.1) is 20.8 Å². The summed E-state index contributed by atoms with van der Waals surface area (Å²) >= 11 is 0. The number of aryl methyl sites for hydroxylation is 3. The molecule has 0 heterocycles. The molecule has 2 amide bonds. The van der Waals surface area contributed by atoms with E-state index in [2.05, 4.69) is 5.32 Å². The van der Waals surface area contributed by atoms with Crippen LogP contribution in [0.1, 0.15) is 47.6 Å². The lowest BCUT2D eigenvalue weighted by Gasteiger charge is -2.32. The predicted molar refractivity (Wildman–Crippen MR) is 162 cm³/mol. The smallest absolute Gasteiger partial charge is 0.243 e. The van der Waals surface area contributed by atoms with E-state index in [1.807, 2.05) is 100 Å². The predicted octanol–water partition coefficient (Wildman–Crippen LogP) is 4.93. The van der Waals surface area contributed by atoms with Gasteiger partial charge in [0.05, 0.1) is 11.9 Å². The van der Waals surface area contributed by atoms with Gasteiger partial charge in [-0.1, -0.05) is 66.7 Å². The highest BCUT2D eigenvalue weighted by atomic mass is 32.2. The largest absolute Gasteiger partial charge is 0.355 e. The Labute approximate surface area is 239 Å². The average molecular weight is 564 g/mol. The molecule has 0 bridgehead atoms. The van der Waals surface area contributed by atoms with Crippen LogP contribution < -0.4 is 9.62 Å². The molecule has 0 aliphatic carbocycles. The molecule has 214 valence electrons. The van der Waals surface area contributed by atoms with Crippen LogP contribution in [0.15, 0.2) is 72.8 Å². The maximum absolute atomic E-state index is 13.9. The van der Waals surface area contributed by atoms with E-state index in [9.17, 15) is 18.0 Å². The van der Waals surface area contributed by atoms with Gasteiger partial charge in [0.1, 0.15) is 6.04 Å². The topological polar surface area (TPSA) is 86.8 Å². The summed E-state index contributed by atoms with van der Waals surface area (Å²) in [6, 6.07) is 22.5. The number of hydrogen-bond acceptors (Lipinski definition) is 4.